The summed E-state index contributed by atoms with van der Waals surface area (Å²) in [5, 5.41) is 9.14. The van der Waals surface area contributed by atoms with E-state index in [1.807, 2.05) is 98.7 Å². The lowest BCUT2D eigenvalue weighted by molar-refractivity contribution is -0.122. The van der Waals surface area contributed by atoms with E-state index in [2.05, 4.69) is 10.2 Å². The molecule has 0 N–H and O–H groups in total. The quantitative estimate of drug-likeness (QED) is 0.245. The maximum Gasteiger partial charge on any atom is 0.267 e. The molecule has 1 aliphatic heterocycles. The molecule has 0 radical (unpaired) electrons. The van der Waals surface area contributed by atoms with Crippen molar-refractivity contribution in [3.63, 3.8) is 0 Å². The number of furan rings is 1. The molecule has 2 heterocycles. The Bertz CT molecular complexity index is 1240. The molecule has 7 heteroatoms. The second-order valence-corrected chi connectivity index (χ2v) is 9.00. The third-order valence-corrected chi connectivity index (χ3v) is 6.08. The Kier molecular flexibility index (Phi) is 7.44. The average molecular weight is 471 g/mol. The van der Waals surface area contributed by atoms with Gasteiger partial charge in [0, 0.05) is 19.8 Å². The number of rotatable bonds is 7. The number of carbonyl (C=O) groups is 1. The molecule has 0 saturated carbocycles. The van der Waals surface area contributed by atoms with Crippen LogP contribution in [0.25, 0.3) is 12.2 Å². The lowest BCUT2D eigenvalue weighted by Gasteiger charge is -2.12. The SMILES string of the molecule is CC(/C=N/N=C1\S/C(=C\c2ccc(N(C)C)cc2)C(=O)N1Cc1ccco1)=C\c1ccccc1. The molecule has 0 aliphatic carbocycles. The normalized spacial score (nSPS) is 16.9. The van der Waals surface area contributed by atoms with E-state index in [1.54, 1.807) is 23.4 Å². The van der Waals surface area contributed by atoms with Gasteiger partial charge in [-0.2, -0.15) is 5.10 Å². The van der Waals surface area contributed by atoms with E-state index in [-0.39, 0.29) is 5.91 Å². The van der Waals surface area contributed by atoms with Crippen LogP contribution in [0.4, 0.5) is 5.69 Å². The molecule has 1 aliphatic rings. The molecule has 1 amide bonds. The fourth-order valence-corrected chi connectivity index (χ4v) is 4.25. The molecule has 1 saturated heterocycles. The molecular formula is C27H26N4O2S. The molecule has 0 atom stereocenters. The summed E-state index contributed by atoms with van der Waals surface area (Å²) in [6.07, 6.45) is 7.20. The van der Waals surface area contributed by atoms with Crippen molar-refractivity contribution in [1.82, 2.24) is 4.90 Å². The fourth-order valence-electron chi connectivity index (χ4n) is 3.32. The van der Waals surface area contributed by atoms with Crippen molar-refractivity contribution in [1.29, 1.82) is 0 Å². The maximum absolute atomic E-state index is 13.2. The molecule has 0 bridgehead atoms. The predicted octanol–water partition coefficient (Wildman–Crippen LogP) is 5.91. The van der Waals surface area contributed by atoms with Gasteiger partial charge in [0.15, 0.2) is 5.17 Å². The number of benzene rings is 2. The zero-order valence-corrected chi connectivity index (χ0v) is 20.2. The Morgan fingerprint density at radius 1 is 1.03 bits per heavy atom. The van der Waals surface area contributed by atoms with Gasteiger partial charge in [-0.3, -0.25) is 9.69 Å². The van der Waals surface area contributed by atoms with Gasteiger partial charge in [-0.25, -0.2) is 0 Å². The van der Waals surface area contributed by atoms with Crippen molar-refractivity contribution in [2.45, 2.75) is 13.5 Å². The van der Waals surface area contributed by atoms with Crippen molar-refractivity contribution >= 4 is 46.9 Å². The van der Waals surface area contributed by atoms with E-state index in [9.17, 15) is 4.79 Å². The number of amidine groups is 1. The van der Waals surface area contributed by atoms with E-state index in [1.165, 1.54) is 11.8 Å². The lowest BCUT2D eigenvalue weighted by atomic mass is 10.1. The standard InChI is InChI=1S/C27H26N4O2S/c1-20(16-21-8-5-4-6-9-21)18-28-29-27-31(19-24-10-7-15-33-24)26(32)25(34-27)17-22-11-13-23(14-12-22)30(2)3/h4-18H,19H2,1-3H3/b20-16+,25-17-,28-18+,29-27-. The van der Waals surface area contributed by atoms with Gasteiger partial charge in [0.2, 0.25) is 0 Å². The predicted molar refractivity (Wildman–Crippen MR) is 142 cm³/mol. The second-order valence-electron chi connectivity index (χ2n) is 7.99. The average Bonchev–Trinajstić information content (AvgIpc) is 3.44. The third kappa shape index (κ3) is 5.94. The molecule has 34 heavy (non-hydrogen) atoms. The van der Waals surface area contributed by atoms with Crippen LogP contribution < -0.4 is 4.90 Å². The van der Waals surface area contributed by atoms with Crippen LogP contribution in [-0.2, 0) is 11.3 Å². The molecule has 0 spiro atoms. The topological polar surface area (TPSA) is 61.4 Å². The summed E-state index contributed by atoms with van der Waals surface area (Å²) in [6, 6.07) is 21.7. The molecule has 172 valence electrons. The Hall–Kier alpha value is -3.84. The molecule has 6 nitrogen and oxygen atoms in total. The first kappa shape index (κ1) is 23.3. The fraction of sp³-hybridized carbons (Fsp3) is 0.148. The Morgan fingerprint density at radius 3 is 2.47 bits per heavy atom. The van der Waals surface area contributed by atoms with Gasteiger partial charge < -0.3 is 9.32 Å². The highest BCUT2D eigenvalue weighted by Crippen LogP contribution is 2.34. The third-order valence-electron chi connectivity index (χ3n) is 5.09. The summed E-state index contributed by atoms with van der Waals surface area (Å²) < 4.78 is 5.46. The van der Waals surface area contributed by atoms with E-state index >= 15 is 0 Å². The van der Waals surface area contributed by atoms with Gasteiger partial charge in [-0.05, 0) is 65.7 Å². The van der Waals surface area contributed by atoms with Gasteiger partial charge in [-0.1, -0.05) is 48.5 Å². The number of nitrogens with zero attached hydrogens (tertiary/aromatic N) is 4. The summed E-state index contributed by atoms with van der Waals surface area (Å²) in [4.78, 5) is 17.4. The minimum atomic E-state index is -0.122. The highest BCUT2D eigenvalue weighted by molar-refractivity contribution is 8.18. The Morgan fingerprint density at radius 2 is 1.79 bits per heavy atom. The zero-order chi connectivity index (χ0) is 23.9. The number of carbonyl (C=O) groups excluding carboxylic acids is 1. The van der Waals surface area contributed by atoms with Crippen LogP contribution in [0.15, 0.2) is 98.1 Å². The van der Waals surface area contributed by atoms with Gasteiger partial charge in [0.1, 0.15) is 5.76 Å². The minimum absolute atomic E-state index is 0.122. The molecule has 1 aromatic heterocycles. The van der Waals surface area contributed by atoms with E-state index in [4.69, 9.17) is 4.42 Å². The van der Waals surface area contributed by atoms with Crippen LogP contribution in [-0.4, -0.2) is 36.3 Å². The number of anilines is 1. The Balaban J connectivity index is 1.57. The minimum Gasteiger partial charge on any atom is -0.467 e. The van der Waals surface area contributed by atoms with Crippen LogP contribution in [0, 0.1) is 0 Å². The second kappa shape index (κ2) is 10.9. The van der Waals surface area contributed by atoms with E-state index in [0.29, 0.717) is 22.4 Å². The Labute approximate surface area is 204 Å². The number of hydrogen-bond donors (Lipinski definition) is 0. The van der Waals surface area contributed by atoms with Gasteiger partial charge in [0.05, 0.1) is 23.9 Å². The molecule has 2 aromatic carbocycles. The number of allylic oxidation sites excluding steroid dienone is 1. The molecule has 1 fully saturated rings. The van der Waals surface area contributed by atoms with Crippen molar-refractivity contribution in [2.24, 2.45) is 10.2 Å². The summed E-state index contributed by atoms with van der Waals surface area (Å²) >= 11 is 1.31. The highest BCUT2D eigenvalue weighted by atomic mass is 32.2. The van der Waals surface area contributed by atoms with Crippen LogP contribution in [0.3, 0.4) is 0 Å². The number of thioether (sulfide) groups is 1. The van der Waals surface area contributed by atoms with E-state index in [0.717, 1.165) is 22.4 Å². The highest BCUT2D eigenvalue weighted by Gasteiger charge is 2.34. The lowest BCUT2D eigenvalue weighted by Crippen LogP contribution is -2.28. The summed E-state index contributed by atoms with van der Waals surface area (Å²) in [5.41, 5.74) is 4.10. The van der Waals surface area contributed by atoms with Crippen LogP contribution in [0.2, 0.25) is 0 Å². The largest absolute Gasteiger partial charge is 0.467 e. The van der Waals surface area contributed by atoms with E-state index < -0.39 is 0 Å². The summed E-state index contributed by atoms with van der Waals surface area (Å²) in [5.74, 6) is 0.561. The molecule has 3 aromatic rings. The molecular weight excluding hydrogens is 444 g/mol. The van der Waals surface area contributed by atoms with Crippen LogP contribution in [0.5, 0.6) is 0 Å². The zero-order valence-electron chi connectivity index (χ0n) is 19.4. The van der Waals surface area contributed by atoms with Crippen molar-refractivity contribution in [3.05, 3.63) is 100 Å². The van der Waals surface area contributed by atoms with Crippen LogP contribution in [0.1, 0.15) is 23.8 Å². The van der Waals surface area contributed by atoms with Crippen LogP contribution >= 0.6 is 11.8 Å². The first-order chi connectivity index (χ1) is 16.5. The molecule has 0 unspecified atom stereocenters. The number of amides is 1. The summed E-state index contributed by atoms with van der Waals surface area (Å²) in [7, 11) is 3.99. The van der Waals surface area contributed by atoms with Crippen molar-refractivity contribution in [3.8, 4) is 0 Å². The molecule has 4 rings (SSSR count). The smallest absolute Gasteiger partial charge is 0.267 e. The van der Waals surface area contributed by atoms with Crippen molar-refractivity contribution < 1.29 is 9.21 Å². The van der Waals surface area contributed by atoms with Gasteiger partial charge >= 0.3 is 0 Å². The van der Waals surface area contributed by atoms with Gasteiger partial charge in [-0.15, -0.1) is 5.10 Å². The first-order valence-corrected chi connectivity index (χ1v) is 11.7. The summed E-state index contributed by atoms with van der Waals surface area (Å²) in [6.45, 7) is 2.26. The van der Waals surface area contributed by atoms with Crippen molar-refractivity contribution in [2.75, 3.05) is 19.0 Å². The maximum atomic E-state index is 13.2. The first-order valence-electron chi connectivity index (χ1n) is 10.8. The number of hydrogen-bond acceptors (Lipinski definition) is 6. The monoisotopic (exact) mass is 470 g/mol. The van der Waals surface area contributed by atoms with Gasteiger partial charge in [0.25, 0.3) is 5.91 Å².